The molecular formula is C26H19N5. The summed E-state index contributed by atoms with van der Waals surface area (Å²) in [6.07, 6.45) is 8.57. The van der Waals surface area contributed by atoms with Crippen molar-refractivity contribution < 1.29 is 0 Å². The van der Waals surface area contributed by atoms with E-state index in [1.165, 1.54) is 5.56 Å². The number of benzene rings is 3. The summed E-state index contributed by atoms with van der Waals surface area (Å²) in [5, 5.41) is 10.2. The average molecular weight is 401 g/mol. The second-order valence-corrected chi connectivity index (χ2v) is 7.22. The maximum Gasteiger partial charge on any atom is 0.159 e. The summed E-state index contributed by atoms with van der Waals surface area (Å²) in [5.41, 5.74) is 5.79. The van der Waals surface area contributed by atoms with E-state index >= 15 is 0 Å². The standard InChI is InChI=1S/C26H19N5/c1-27-23-12-10-21(26-28-17-22-6-2-3-8-24(22)30-26)16-19(23)7-4-5-18-9-11-25-20(15-18)13-14-29-31-25/h2-4,6-17H,1,5H2/b7-4-. The molecule has 31 heavy (non-hydrogen) atoms. The molecule has 5 rings (SSSR count). The van der Waals surface area contributed by atoms with E-state index in [0.29, 0.717) is 5.82 Å². The Balaban J connectivity index is 1.43. The summed E-state index contributed by atoms with van der Waals surface area (Å²) in [4.78, 5) is 13.4. The molecular weight excluding hydrogens is 382 g/mol. The molecule has 0 unspecified atom stereocenters. The molecule has 2 heterocycles. The number of hydrogen-bond donors (Lipinski definition) is 0. The Morgan fingerprint density at radius 1 is 0.903 bits per heavy atom. The van der Waals surface area contributed by atoms with Gasteiger partial charge in [-0.25, -0.2) is 9.97 Å². The van der Waals surface area contributed by atoms with Crippen LogP contribution in [0.3, 0.4) is 0 Å². The van der Waals surface area contributed by atoms with Crippen LogP contribution >= 0.6 is 0 Å². The monoisotopic (exact) mass is 401 g/mol. The van der Waals surface area contributed by atoms with Gasteiger partial charge in [0.1, 0.15) is 0 Å². The van der Waals surface area contributed by atoms with Gasteiger partial charge in [0.2, 0.25) is 0 Å². The zero-order valence-electron chi connectivity index (χ0n) is 16.8. The molecule has 5 heteroatoms. The van der Waals surface area contributed by atoms with Gasteiger partial charge in [0.05, 0.1) is 22.9 Å². The highest BCUT2D eigenvalue weighted by atomic mass is 15.1. The lowest BCUT2D eigenvalue weighted by Crippen LogP contribution is -1.90. The highest BCUT2D eigenvalue weighted by Crippen LogP contribution is 2.27. The fraction of sp³-hybridized carbons (Fsp3) is 0.0385. The van der Waals surface area contributed by atoms with E-state index in [2.05, 4.69) is 57.2 Å². The summed E-state index contributed by atoms with van der Waals surface area (Å²) in [6.45, 7) is 3.71. The normalized spacial score (nSPS) is 11.4. The van der Waals surface area contributed by atoms with Crippen molar-refractivity contribution >= 4 is 40.3 Å². The Labute approximate surface area is 179 Å². The van der Waals surface area contributed by atoms with Crippen LogP contribution in [0.2, 0.25) is 0 Å². The highest BCUT2D eigenvalue weighted by molar-refractivity contribution is 5.81. The fourth-order valence-electron chi connectivity index (χ4n) is 3.57. The molecule has 0 radical (unpaired) electrons. The van der Waals surface area contributed by atoms with Gasteiger partial charge in [-0.15, -0.1) is 0 Å². The number of fused-ring (bicyclic) bond motifs is 2. The first-order chi connectivity index (χ1) is 15.3. The molecule has 0 saturated heterocycles. The predicted octanol–water partition coefficient (Wildman–Crippen LogP) is 5.83. The lowest BCUT2D eigenvalue weighted by Gasteiger charge is -2.06. The molecule has 0 N–H and O–H groups in total. The number of para-hydroxylation sites is 1. The second-order valence-electron chi connectivity index (χ2n) is 7.22. The predicted molar refractivity (Wildman–Crippen MR) is 126 cm³/mol. The van der Waals surface area contributed by atoms with Gasteiger partial charge < -0.3 is 0 Å². The number of allylic oxidation sites excluding steroid dienone is 1. The van der Waals surface area contributed by atoms with Crippen molar-refractivity contribution in [3.05, 3.63) is 96.3 Å². The third kappa shape index (κ3) is 3.94. The van der Waals surface area contributed by atoms with Crippen LogP contribution in [-0.4, -0.2) is 26.9 Å². The Kier molecular flexibility index (Phi) is 4.99. The minimum absolute atomic E-state index is 0.694. The van der Waals surface area contributed by atoms with Gasteiger partial charge in [-0.05, 0) is 61.2 Å². The summed E-state index contributed by atoms with van der Waals surface area (Å²) in [6, 6.07) is 22.2. The second kappa shape index (κ2) is 8.24. The Hall–Kier alpha value is -4.25. The molecule has 0 aliphatic carbocycles. The molecule has 3 aromatic carbocycles. The minimum atomic E-state index is 0.694. The van der Waals surface area contributed by atoms with E-state index in [-0.39, 0.29) is 0 Å². The molecule has 0 spiro atoms. The van der Waals surface area contributed by atoms with E-state index in [1.54, 1.807) is 6.20 Å². The maximum atomic E-state index is 4.71. The number of aromatic nitrogens is 4. The molecule has 0 aliphatic heterocycles. The van der Waals surface area contributed by atoms with Crippen molar-refractivity contribution in [3.8, 4) is 11.4 Å². The first-order valence-corrected chi connectivity index (χ1v) is 10.00. The topological polar surface area (TPSA) is 63.9 Å². The first-order valence-electron chi connectivity index (χ1n) is 10.00. The molecule has 0 atom stereocenters. The molecule has 0 aliphatic rings. The number of aliphatic imine (C=N–C) groups is 1. The molecule has 2 aromatic heterocycles. The van der Waals surface area contributed by atoms with Crippen molar-refractivity contribution in [2.45, 2.75) is 6.42 Å². The summed E-state index contributed by atoms with van der Waals surface area (Å²) >= 11 is 0. The minimum Gasteiger partial charge on any atom is -0.264 e. The van der Waals surface area contributed by atoms with E-state index < -0.39 is 0 Å². The molecule has 0 bridgehead atoms. The number of rotatable bonds is 5. The smallest absolute Gasteiger partial charge is 0.159 e. The van der Waals surface area contributed by atoms with Crippen LogP contribution in [0.25, 0.3) is 39.3 Å². The van der Waals surface area contributed by atoms with E-state index in [9.17, 15) is 0 Å². The number of nitrogens with zero attached hydrogens (tertiary/aromatic N) is 5. The van der Waals surface area contributed by atoms with Gasteiger partial charge in [0, 0.05) is 28.1 Å². The van der Waals surface area contributed by atoms with E-state index in [1.807, 2.05) is 54.7 Å². The SMILES string of the molecule is C=Nc1ccc(-c2ncc3ccccc3n2)cc1/C=C\Cc1ccc2nnccc2c1. The van der Waals surface area contributed by atoms with Gasteiger partial charge in [0.25, 0.3) is 0 Å². The quantitative estimate of drug-likeness (QED) is 0.348. The van der Waals surface area contributed by atoms with Gasteiger partial charge in [-0.3, -0.25) is 4.99 Å². The zero-order valence-corrected chi connectivity index (χ0v) is 16.8. The van der Waals surface area contributed by atoms with Crippen LogP contribution in [0.5, 0.6) is 0 Å². The third-order valence-electron chi connectivity index (χ3n) is 5.17. The van der Waals surface area contributed by atoms with Crippen LogP contribution in [0, 0.1) is 0 Å². The van der Waals surface area contributed by atoms with Gasteiger partial charge in [-0.1, -0.05) is 36.4 Å². The lowest BCUT2D eigenvalue weighted by atomic mass is 10.0. The Morgan fingerprint density at radius 3 is 2.77 bits per heavy atom. The number of hydrogen-bond acceptors (Lipinski definition) is 5. The van der Waals surface area contributed by atoms with Crippen molar-refractivity contribution in [1.82, 2.24) is 20.2 Å². The Bertz CT molecular complexity index is 1440. The zero-order chi connectivity index (χ0) is 21.0. The Morgan fingerprint density at radius 2 is 1.84 bits per heavy atom. The van der Waals surface area contributed by atoms with Gasteiger partial charge in [0.15, 0.2) is 5.82 Å². The first kappa shape index (κ1) is 18.8. The van der Waals surface area contributed by atoms with Crippen molar-refractivity contribution in [2.75, 3.05) is 0 Å². The van der Waals surface area contributed by atoms with Crippen molar-refractivity contribution in [2.24, 2.45) is 4.99 Å². The maximum absolute atomic E-state index is 4.71. The van der Waals surface area contributed by atoms with Crippen molar-refractivity contribution in [3.63, 3.8) is 0 Å². The fourth-order valence-corrected chi connectivity index (χ4v) is 3.57. The van der Waals surface area contributed by atoms with Crippen LogP contribution in [-0.2, 0) is 6.42 Å². The average Bonchev–Trinajstić information content (AvgIpc) is 2.83. The van der Waals surface area contributed by atoms with Gasteiger partial charge in [-0.2, -0.15) is 10.2 Å². The van der Waals surface area contributed by atoms with E-state index in [0.717, 1.165) is 45.0 Å². The molecule has 0 amide bonds. The highest BCUT2D eigenvalue weighted by Gasteiger charge is 2.06. The van der Waals surface area contributed by atoms with Crippen LogP contribution < -0.4 is 0 Å². The third-order valence-corrected chi connectivity index (χ3v) is 5.17. The van der Waals surface area contributed by atoms with Crippen molar-refractivity contribution in [1.29, 1.82) is 0 Å². The van der Waals surface area contributed by atoms with Crippen LogP contribution in [0.15, 0.2) is 90.2 Å². The molecule has 0 fully saturated rings. The van der Waals surface area contributed by atoms with Gasteiger partial charge >= 0.3 is 0 Å². The largest absolute Gasteiger partial charge is 0.264 e. The molecule has 5 aromatic rings. The molecule has 0 saturated carbocycles. The summed E-state index contributed by atoms with van der Waals surface area (Å²) in [7, 11) is 0. The van der Waals surface area contributed by atoms with Crippen LogP contribution in [0.1, 0.15) is 11.1 Å². The molecule has 5 nitrogen and oxygen atoms in total. The van der Waals surface area contributed by atoms with Crippen LogP contribution in [0.4, 0.5) is 5.69 Å². The lowest BCUT2D eigenvalue weighted by molar-refractivity contribution is 1.07. The van der Waals surface area contributed by atoms with E-state index in [4.69, 9.17) is 4.98 Å². The summed E-state index contributed by atoms with van der Waals surface area (Å²) in [5.74, 6) is 0.694. The summed E-state index contributed by atoms with van der Waals surface area (Å²) < 4.78 is 0. The molecule has 148 valence electrons.